The van der Waals surface area contributed by atoms with Gasteiger partial charge in [0.05, 0.1) is 5.52 Å². The van der Waals surface area contributed by atoms with Crippen molar-refractivity contribution in [2.75, 3.05) is 26.2 Å². The highest BCUT2D eigenvalue weighted by atomic mass is 35.5. The van der Waals surface area contributed by atoms with Gasteiger partial charge in [0.1, 0.15) is 5.69 Å². The molecule has 5 nitrogen and oxygen atoms in total. The molecule has 1 aromatic heterocycles. The van der Waals surface area contributed by atoms with E-state index >= 15 is 0 Å². The number of carbonyl (C=O) groups is 1. The van der Waals surface area contributed by atoms with E-state index < -0.39 is 0 Å². The van der Waals surface area contributed by atoms with Crippen LogP contribution in [0.2, 0.25) is 5.02 Å². The molecule has 1 saturated heterocycles. The minimum absolute atomic E-state index is 0.177. The van der Waals surface area contributed by atoms with Gasteiger partial charge in [-0.15, -0.1) is 0 Å². The monoisotopic (exact) mass is 290 g/mol. The predicted octanol–water partition coefficient (Wildman–Crippen LogP) is 1.44. The van der Waals surface area contributed by atoms with Crippen molar-refractivity contribution in [2.45, 2.75) is 0 Å². The third kappa shape index (κ3) is 2.90. The second-order valence-electron chi connectivity index (χ2n) is 4.71. The summed E-state index contributed by atoms with van der Waals surface area (Å²) in [5.74, 6) is -0.177. The van der Waals surface area contributed by atoms with E-state index in [0.717, 1.165) is 37.1 Å². The number of amides is 1. The first kappa shape index (κ1) is 13.3. The Morgan fingerprint density at radius 2 is 2.05 bits per heavy atom. The predicted molar refractivity (Wildman–Crippen MR) is 78.7 cm³/mol. The van der Waals surface area contributed by atoms with E-state index in [1.54, 1.807) is 12.1 Å². The van der Waals surface area contributed by atoms with Crippen LogP contribution >= 0.6 is 11.6 Å². The molecule has 3 rings (SSSR count). The zero-order valence-corrected chi connectivity index (χ0v) is 11.7. The number of nitrogens with zero attached hydrogens (tertiary/aromatic N) is 2. The van der Waals surface area contributed by atoms with Gasteiger partial charge in [0, 0.05) is 36.6 Å². The van der Waals surface area contributed by atoms with Crippen LogP contribution in [0, 0.1) is 0 Å². The summed E-state index contributed by atoms with van der Waals surface area (Å²) in [5.41, 5.74) is 4.06. The molecule has 0 unspecified atom stereocenters. The molecule has 0 radical (unpaired) electrons. The summed E-state index contributed by atoms with van der Waals surface area (Å²) in [6.45, 7) is 3.36. The second kappa shape index (κ2) is 5.75. The summed E-state index contributed by atoms with van der Waals surface area (Å²) in [4.78, 5) is 16.5. The molecule has 6 heteroatoms. The summed E-state index contributed by atoms with van der Waals surface area (Å²) in [6.07, 6.45) is 0. The fourth-order valence-electron chi connectivity index (χ4n) is 2.20. The molecule has 0 atom stereocenters. The van der Waals surface area contributed by atoms with Crippen molar-refractivity contribution < 1.29 is 4.79 Å². The molecular formula is C14H15ClN4O. The van der Waals surface area contributed by atoms with E-state index in [4.69, 9.17) is 11.6 Å². The van der Waals surface area contributed by atoms with E-state index in [1.165, 1.54) is 0 Å². The molecule has 1 amide bonds. The molecule has 0 bridgehead atoms. The number of benzene rings is 1. The van der Waals surface area contributed by atoms with Crippen LogP contribution in [0.3, 0.4) is 0 Å². The molecule has 20 heavy (non-hydrogen) atoms. The van der Waals surface area contributed by atoms with Crippen LogP contribution in [0.25, 0.3) is 10.9 Å². The lowest BCUT2D eigenvalue weighted by atomic mass is 10.2. The molecule has 1 aliphatic rings. The van der Waals surface area contributed by atoms with E-state index in [9.17, 15) is 4.79 Å². The van der Waals surface area contributed by atoms with Gasteiger partial charge >= 0.3 is 0 Å². The number of rotatable bonds is 2. The molecular weight excluding hydrogens is 276 g/mol. The van der Waals surface area contributed by atoms with Crippen LogP contribution < -0.4 is 10.7 Å². The Morgan fingerprint density at radius 3 is 2.85 bits per heavy atom. The molecule has 1 aromatic carbocycles. The third-order valence-electron chi connectivity index (χ3n) is 3.26. The lowest BCUT2D eigenvalue weighted by Gasteiger charge is -2.27. The van der Waals surface area contributed by atoms with Crippen LogP contribution in [0.1, 0.15) is 10.5 Å². The van der Waals surface area contributed by atoms with Crippen molar-refractivity contribution in [3.05, 3.63) is 41.0 Å². The normalized spacial score (nSPS) is 16.2. The molecule has 2 aromatic rings. The van der Waals surface area contributed by atoms with Gasteiger partial charge in [-0.3, -0.25) is 10.2 Å². The fraction of sp³-hybridized carbons (Fsp3) is 0.286. The average molecular weight is 291 g/mol. The Morgan fingerprint density at radius 1 is 1.25 bits per heavy atom. The molecule has 0 saturated carbocycles. The first-order valence-electron chi connectivity index (χ1n) is 6.55. The van der Waals surface area contributed by atoms with E-state index in [2.05, 4.69) is 15.7 Å². The SMILES string of the molecule is O=C(NN1CCNCC1)c1ccc2cc(Cl)ccc2n1. The van der Waals surface area contributed by atoms with Gasteiger partial charge in [0.15, 0.2) is 0 Å². The average Bonchev–Trinajstić information content (AvgIpc) is 2.47. The van der Waals surface area contributed by atoms with Crippen LogP contribution in [0.15, 0.2) is 30.3 Å². The van der Waals surface area contributed by atoms with Crippen molar-refractivity contribution in [1.82, 2.24) is 20.7 Å². The zero-order chi connectivity index (χ0) is 13.9. The second-order valence-corrected chi connectivity index (χ2v) is 5.15. The number of hydrogen-bond acceptors (Lipinski definition) is 4. The quantitative estimate of drug-likeness (QED) is 0.879. The molecule has 0 aliphatic carbocycles. The number of hydrazine groups is 1. The minimum Gasteiger partial charge on any atom is -0.314 e. The number of piperazine rings is 1. The molecule has 104 valence electrons. The first-order chi connectivity index (χ1) is 9.72. The number of fused-ring (bicyclic) bond motifs is 1. The lowest BCUT2D eigenvalue weighted by Crippen LogP contribution is -2.52. The van der Waals surface area contributed by atoms with Gasteiger partial charge in [-0.2, -0.15) is 0 Å². The Balaban J connectivity index is 1.78. The van der Waals surface area contributed by atoms with E-state index in [1.807, 2.05) is 23.2 Å². The van der Waals surface area contributed by atoms with Crippen LogP contribution in [-0.4, -0.2) is 42.1 Å². The zero-order valence-electron chi connectivity index (χ0n) is 10.9. The number of halogens is 1. The van der Waals surface area contributed by atoms with Gasteiger partial charge in [0.2, 0.25) is 0 Å². The third-order valence-corrected chi connectivity index (χ3v) is 3.50. The molecule has 0 spiro atoms. The highest BCUT2D eigenvalue weighted by Crippen LogP contribution is 2.18. The topological polar surface area (TPSA) is 57.3 Å². The molecule has 1 aliphatic heterocycles. The van der Waals surface area contributed by atoms with Crippen molar-refractivity contribution in [3.8, 4) is 0 Å². The number of hydrogen-bond donors (Lipinski definition) is 2. The standard InChI is InChI=1S/C14H15ClN4O/c15-11-2-4-12-10(9-11)1-3-13(17-12)14(20)18-19-7-5-16-6-8-19/h1-4,9,16H,5-8H2,(H,18,20). The maximum Gasteiger partial charge on any atom is 0.284 e. The Labute approximate surface area is 121 Å². The fourth-order valence-corrected chi connectivity index (χ4v) is 2.38. The van der Waals surface area contributed by atoms with Crippen LogP contribution in [-0.2, 0) is 0 Å². The van der Waals surface area contributed by atoms with Gasteiger partial charge in [0.25, 0.3) is 5.91 Å². The summed E-state index contributed by atoms with van der Waals surface area (Å²) >= 11 is 5.93. The number of nitrogens with one attached hydrogen (secondary N) is 2. The van der Waals surface area contributed by atoms with Gasteiger partial charge < -0.3 is 5.32 Å². The van der Waals surface area contributed by atoms with Crippen LogP contribution in [0.4, 0.5) is 0 Å². The van der Waals surface area contributed by atoms with Crippen molar-refractivity contribution >= 4 is 28.4 Å². The van der Waals surface area contributed by atoms with Crippen molar-refractivity contribution in [2.24, 2.45) is 0 Å². The Bertz CT molecular complexity index is 640. The summed E-state index contributed by atoms with van der Waals surface area (Å²) < 4.78 is 0. The van der Waals surface area contributed by atoms with Gasteiger partial charge in [-0.05, 0) is 24.3 Å². The van der Waals surface area contributed by atoms with E-state index in [0.29, 0.717) is 10.7 Å². The van der Waals surface area contributed by atoms with Gasteiger partial charge in [-0.25, -0.2) is 9.99 Å². The Hall–Kier alpha value is -1.69. The number of pyridine rings is 1. The van der Waals surface area contributed by atoms with Crippen molar-refractivity contribution in [3.63, 3.8) is 0 Å². The molecule has 2 heterocycles. The summed E-state index contributed by atoms with van der Waals surface area (Å²) in [6, 6.07) is 9.01. The number of carbonyl (C=O) groups excluding carboxylic acids is 1. The number of aromatic nitrogens is 1. The first-order valence-corrected chi connectivity index (χ1v) is 6.93. The minimum atomic E-state index is -0.177. The highest BCUT2D eigenvalue weighted by molar-refractivity contribution is 6.31. The smallest absolute Gasteiger partial charge is 0.284 e. The summed E-state index contributed by atoms with van der Waals surface area (Å²) in [7, 11) is 0. The largest absolute Gasteiger partial charge is 0.314 e. The van der Waals surface area contributed by atoms with Crippen LogP contribution in [0.5, 0.6) is 0 Å². The Kier molecular flexibility index (Phi) is 3.82. The maximum absolute atomic E-state index is 12.2. The van der Waals surface area contributed by atoms with Gasteiger partial charge in [-0.1, -0.05) is 17.7 Å². The van der Waals surface area contributed by atoms with E-state index in [-0.39, 0.29) is 5.91 Å². The highest BCUT2D eigenvalue weighted by Gasteiger charge is 2.14. The molecule has 1 fully saturated rings. The molecule has 2 N–H and O–H groups in total. The van der Waals surface area contributed by atoms with Crippen molar-refractivity contribution in [1.29, 1.82) is 0 Å². The lowest BCUT2D eigenvalue weighted by molar-refractivity contribution is 0.0760. The maximum atomic E-state index is 12.2. The summed E-state index contributed by atoms with van der Waals surface area (Å²) in [5, 5.41) is 6.74.